The first-order valence-electron chi connectivity index (χ1n) is 6.51. The van der Waals surface area contributed by atoms with E-state index < -0.39 is 5.97 Å². The van der Waals surface area contributed by atoms with Crippen molar-refractivity contribution in [2.24, 2.45) is 0 Å². The van der Waals surface area contributed by atoms with Crippen molar-refractivity contribution >= 4 is 11.8 Å². The predicted molar refractivity (Wildman–Crippen MR) is 72.2 cm³/mol. The van der Waals surface area contributed by atoms with Crippen molar-refractivity contribution in [3.63, 3.8) is 0 Å². The molecule has 0 atom stereocenters. The van der Waals surface area contributed by atoms with Crippen LogP contribution in [0, 0.1) is 0 Å². The molecule has 0 unspecified atom stereocenters. The standard InChI is InChI=1S/C15H14N2O3/c1-20-15(19)14-13-11(8-5-9-12(13)18)17(16-14)10-6-3-2-4-7-10/h2-4,6-7H,5,8-9H2,1H3. The van der Waals surface area contributed by atoms with Crippen molar-refractivity contribution in [2.45, 2.75) is 19.3 Å². The van der Waals surface area contributed by atoms with Crippen LogP contribution in [-0.2, 0) is 11.2 Å². The largest absolute Gasteiger partial charge is 0.464 e. The van der Waals surface area contributed by atoms with E-state index in [0.717, 1.165) is 24.2 Å². The molecular formula is C15H14N2O3. The Labute approximate surface area is 116 Å². The topological polar surface area (TPSA) is 61.2 Å². The van der Waals surface area contributed by atoms with Crippen LogP contribution < -0.4 is 0 Å². The Morgan fingerprint density at radius 2 is 2.00 bits per heavy atom. The van der Waals surface area contributed by atoms with E-state index in [1.165, 1.54) is 7.11 Å². The summed E-state index contributed by atoms with van der Waals surface area (Å²) in [6, 6.07) is 9.49. The number of esters is 1. The first-order valence-corrected chi connectivity index (χ1v) is 6.51. The molecule has 1 aromatic carbocycles. The molecule has 102 valence electrons. The zero-order valence-electron chi connectivity index (χ0n) is 11.1. The number of aromatic nitrogens is 2. The molecule has 2 aromatic rings. The summed E-state index contributed by atoms with van der Waals surface area (Å²) in [5.74, 6) is -0.597. The van der Waals surface area contributed by atoms with E-state index in [-0.39, 0.29) is 11.5 Å². The summed E-state index contributed by atoms with van der Waals surface area (Å²) < 4.78 is 6.41. The highest BCUT2D eigenvalue weighted by Crippen LogP contribution is 2.27. The van der Waals surface area contributed by atoms with Gasteiger partial charge in [-0.25, -0.2) is 9.48 Å². The molecule has 5 heteroatoms. The molecule has 1 aliphatic carbocycles. The molecule has 0 aliphatic heterocycles. The second kappa shape index (κ2) is 4.92. The fourth-order valence-electron chi connectivity index (χ4n) is 2.54. The van der Waals surface area contributed by atoms with Crippen molar-refractivity contribution in [3.8, 4) is 5.69 Å². The monoisotopic (exact) mass is 270 g/mol. The van der Waals surface area contributed by atoms with Gasteiger partial charge >= 0.3 is 5.97 Å². The predicted octanol–water partition coefficient (Wildman–Crippen LogP) is 2.18. The van der Waals surface area contributed by atoms with Crippen molar-refractivity contribution < 1.29 is 14.3 Å². The van der Waals surface area contributed by atoms with E-state index in [0.29, 0.717) is 12.0 Å². The lowest BCUT2D eigenvalue weighted by Crippen LogP contribution is -2.15. The van der Waals surface area contributed by atoms with Crippen molar-refractivity contribution in [1.82, 2.24) is 9.78 Å². The molecule has 20 heavy (non-hydrogen) atoms. The van der Waals surface area contributed by atoms with E-state index in [9.17, 15) is 9.59 Å². The van der Waals surface area contributed by atoms with Gasteiger partial charge in [0.05, 0.1) is 24.1 Å². The van der Waals surface area contributed by atoms with Gasteiger partial charge in [-0.2, -0.15) is 5.10 Å². The Kier molecular flexibility index (Phi) is 3.10. The second-order valence-corrected chi connectivity index (χ2v) is 4.69. The van der Waals surface area contributed by atoms with Gasteiger partial charge in [-0.05, 0) is 25.0 Å². The third-order valence-corrected chi connectivity index (χ3v) is 3.46. The molecule has 1 aliphatic rings. The fraction of sp³-hybridized carbons (Fsp3) is 0.267. The molecular weight excluding hydrogens is 256 g/mol. The third kappa shape index (κ3) is 1.91. The Hall–Kier alpha value is -2.43. The van der Waals surface area contributed by atoms with E-state index in [4.69, 9.17) is 4.74 Å². The summed E-state index contributed by atoms with van der Waals surface area (Å²) in [6.07, 6.45) is 1.97. The lowest BCUT2D eigenvalue weighted by Gasteiger charge is -2.13. The minimum atomic E-state index is -0.564. The quantitative estimate of drug-likeness (QED) is 0.785. The third-order valence-electron chi connectivity index (χ3n) is 3.46. The first-order chi connectivity index (χ1) is 9.72. The molecule has 5 nitrogen and oxygen atoms in total. The summed E-state index contributed by atoms with van der Waals surface area (Å²) >= 11 is 0. The number of fused-ring (bicyclic) bond motifs is 1. The normalized spacial score (nSPS) is 13.9. The number of methoxy groups -OCH3 is 1. The minimum Gasteiger partial charge on any atom is -0.464 e. The number of ketones is 1. The summed E-state index contributed by atoms with van der Waals surface area (Å²) in [5, 5.41) is 4.30. The Bertz CT molecular complexity index is 674. The number of ether oxygens (including phenoxy) is 1. The van der Waals surface area contributed by atoms with Gasteiger partial charge in [0.2, 0.25) is 0 Å². The van der Waals surface area contributed by atoms with Crippen LogP contribution in [0.25, 0.3) is 5.69 Å². The number of nitrogens with zero attached hydrogens (tertiary/aromatic N) is 2. The van der Waals surface area contributed by atoms with Crippen LogP contribution in [-0.4, -0.2) is 28.6 Å². The lowest BCUT2D eigenvalue weighted by molar-refractivity contribution is 0.0589. The lowest BCUT2D eigenvalue weighted by atomic mass is 9.94. The molecule has 1 aromatic heterocycles. The highest BCUT2D eigenvalue weighted by atomic mass is 16.5. The van der Waals surface area contributed by atoms with E-state index >= 15 is 0 Å². The summed E-state index contributed by atoms with van der Waals surface area (Å²) in [5.41, 5.74) is 2.18. The zero-order valence-corrected chi connectivity index (χ0v) is 11.1. The Morgan fingerprint density at radius 1 is 1.25 bits per heavy atom. The van der Waals surface area contributed by atoms with Crippen LogP contribution in [0.3, 0.4) is 0 Å². The van der Waals surface area contributed by atoms with E-state index in [1.807, 2.05) is 30.3 Å². The van der Waals surface area contributed by atoms with Gasteiger partial charge in [-0.1, -0.05) is 18.2 Å². The Balaban J connectivity index is 2.22. The molecule has 0 amide bonds. The molecule has 0 radical (unpaired) electrons. The summed E-state index contributed by atoms with van der Waals surface area (Å²) in [6.45, 7) is 0. The number of hydrogen-bond donors (Lipinski definition) is 0. The number of para-hydroxylation sites is 1. The number of carbonyl (C=O) groups is 2. The molecule has 0 fully saturated rings. The second-order valence-electron chi connectivity index (χ2n) is 4.69. The van der Waals surface area contributed by atoms with Crippen LogP contribution >= 0.6 is 0 Å². The van der Waals surface area contributed by atoms with Crippen molar-refractivity contribution in [3.05, 3.63) is 47.3 Å². The molecule has 0 bridgehead atoms. The zero-order chi connectivity index (χ0) is 14.1. The number of carbonyl (C=O) groups excluding carboxylic acids is 2. The van der Waals surface area contributed by atoms with Gasteiger partial charge in [0.1, 0.15) is 0 Å². The average molecular weight is 270 g/mol. The maximum Gasteiger partial charge on any atom is 0.359 e. The molecule has 0 spiro atoms. The molecule has 3 rings (SSSR count). The minimum absolute atomic E-state index is 0.0335. The van der Waals surface area contributed by atoms with Gasteiger partial charge in [0.25, 0.3) is 0 Å². The summed E-state index contributed by atoms with van der Waals surface area (Å²) in [7, 11) is 1.30. The van der Waals surface area contributed by atoms with Gasteiger partial charge in [0, 0.05) is 6.42 Å². The van der Waals surface area contributed by atoms with Gasteiger partial charge in [-0.15, -0.1) is 0 Å². The first kappa shape index (κ1) is 12.6. The molecule has 1 heterocycles. The number of Topliss-reactive ketones (excluding diaryl/α,β-unsaturated/α-hetero) is 1. The fourth-order valence-corrected chi connectivity index (χ4v) is 2.54. The van der Waals surface area contributed by atoms with Crippen molar-refractivity contribution in [1.29, 1.82) is 0 Å². The smallest absolute Gasteiger partial charge is 0.359 e. The van der Waals surface area contributed by atoms with Crippen LogP contribution in [0.5, 0.6) is 0 Å². The molecule has 0 saturated carbocycles. The van der Waals surface area contributed by atoms with Crippen LogP contribution in [0.2, 0.25) is 0 Å². The van der Waals surface area contributed by atoms with Gasteiger partial charge in [-0.3, -0.25) is 4.79 Å². The summed E-state index contributed by atoms with van der Waals surface area (Å²) in [4.78, 5) is 23.9. The molecule has 0 saturated heterocycles. The van der Waals surface area contributed by atoms with Crippen LogP contribution in [0.15, 0.2) is 30.3 Å². The van der Waals surface area contributed by atoms with E-state index in [1.54, 1.807) is 4.68 Å². The van der Waals surface area contributed by atoms with Crippen LogP contribution in [0.4, 0.5) is 0 Å². The maximum absolute atomic E-state index is 12.1. The van der Waals surface area contributed by atoms with Crippen LogP contribution in [0.1, 0.15) is 39.4 Å². The number of benzene rings is 1. The molecule has 0 N–H and O–H groups in total. The number of hydrogen-bond acceptors (Lipinski definition) is 4. The highest BCUT2D eigenvalue weighted by Gasteiger charge is 2.31. The number of rotatable bonds is 2. The Morgan fingerprint density at radius 3 is 2.70 bits per heavy atom. The SMILES string of the molecule is COC(=O)c1nn(-c2ccccc2)c2c1C(=O)CCC2. The van der Waals surface area contributed by atoms with Gasteiger partial charge < -0.3 is 4.74 Å². The highest BCUT2D eigenvalue weighted by molar-refractivity contribution is 6.07. The average Bonchev–Trinajstić information content (AvgIpc) is 2.88. The maximum atomic E-state index is 12.1. The van der Waals surface area contributed by atoms with E-state index in [2.05, 4.69) is 5.10 Å². The van der Waals surface area contributed by atoms with Crippen molar-refractivity contribution in [2.75, 3.05) is 7.11 Å². The van der Waals surface area contributed by atoms with Gasteiger partial charge in [0.15, 0.2) is 11.5 Å².